The van der Waals surface area contributed by atoms with Gasteiger partial charge in [0, 0.05) is 26.3 Å². The highest BCUT2D eigenvalue weighted by atomic mass is 16.6. The minimum Gasteiger partial charge on any atom is -0.444 e. The molecule has 0 bridgehead atoms. The fourth-order valence-corrected chi connectivity index (χ4v) is 1.59. The van der Waals surface area contributed by atoms with Gasteiger partial charge in [-0.2, -0.15) is 5.10 Å². The van der Waals surface area contributed by atoms with Crippen molar-refractivity contribution in [2.75, 3.05) is 18.4 Å². The molecule has 1 rings (SSSR count). The number of ether oxygens (including phenoxy) is 1. The number of nitrogens with zero attached hydrogens (tertiary/aromatic N) is 2. The summed E-state index contributed by atoms with van der Waals surface area (Å²) >= 11 is 0. The molecule has 1 aromatic heterocycles. The van der Waals surface area contributed by atoms with Crippen LogP contribution in [-0.2, 0) is 11.8 Å². The number of carbonyl (C=O) groups is 1. The van der Waals surface area contributed by atoms with Gasteiger partial charge in [0.05, 0.1) is 11.4 Å². The molecule has 1 heterocycles. The van der Waals surface area contributed by atoms with Gasteiger partial charge in [0.2, 0.25) is 0 Å². The van der Waals surface area contributed by atoms with Crippen LogP contribution in [0.4, 0.5) is 10.5 Å². The van der Waals surface area contributed by atoms with Crippen LogP contribution in [0, 0.1) is 6.92 Å². The van der Waals surface area contributed by atoms with E-state index in [-0.39, 0.29) is 6.09 Å². The number of amides is 1. The summed E-state index contributed by atoms with van der Waals surface area (Å²) in [5.41, 5.74) is 1.55. The Hall–Kier alpha value is -1.72. The average Bonchev–Trinajstić information content (AvgIpc) is 2.54. The minimum atomic E-state index is -0.449. The third kappa shape index (κ3) is 6.13. The number of aromatic nitrogens is 2. The molecule has 0 atom stereocenters. The standard InChI is InChI=1S/C13H24N4O2/c1-10-11(9-17(5)16-10)14-7-6-8-15-12(18)19-13(2,3)4/h9,14H,6-8H2,1-5H3,(H,15,18). The van der Waals surface area contributed by atoms with Crippen LogP contribution in [0.25, 0.3) is 0 Å². The van der Waals surface area contributed by atoms with Crippen LogP contribution in [0.15, 0.2) is 6.20 Å². The van der Waals surface area contributed by atoms with E-state index in [1.54, 1.807) is 4.68 Å². The third-order valence-electron chi connectivity index (χ3n) is 2.35. The van der Waals surface area contributed by atoms with Crippen LogP contribution >= 0.6 is 0 Å². The zero-order valence-corrected chi connectivity index (χ0v) is 12.4. The van der Waals surface area contributed by atoms with E-state index in [0.29, 0.717) is 6.54 Å². The lowest BCUT2D eigenvalue weighted by Crippen LogP contribution is -2.33. The van der Waals surface area contributed by atoms with Crippen molar-refractivity contribution in [3.63, 3.8) is 0 Å². The molecule has 6 nitrogen and oxygen atoms in total. The van der Waals surface area contributed by atoms with Gasteiger partial charge in [-0.3, -0.25) is 4.68 Å². The van der Waals surface area contributed by atoms with Gasteiger partial charge in [0.15, 0.2) is 0 Å². The first-order valence-electron chi connectivity index (χ1n) is 6.49. The molecule has 0 aliphatic rings. The maximum atomic E-state index is 11.4. The molecule has 108 valence electrons. The highest BCUT2D eigenvalue weighted by Gasteiger charge is 2.15. The van der Waals surface area contributed by atoms with E-state index in [9.17, 15) is 4.79 Å². The number of aryl methyl sites for hydroxylation is 2. The van der Waals surface area contributed by atoms with E-state index in [4.69, 9.17) is 4.74 Å². The Morgan fingerprint density at radius 1 is 1.42 bits per heavy atom. The van der Waals surface area contributed by atoms with Gasteiger partial charge in [-0.15, -0.1) is 0 Å². The second kappa shape index (κ2) is 6.45. The maximum absolute atomic E-state index is 11.4. The Morgan fingerprint density at radius 3 is 2.63 bits per heavy atom. The number of carbonyl (C=O) groups excluding carboxylic acids is 1. The highest BCUT2D eigenvalue weighted by Crippen LogP contribution is 2.10. The molecule has 0 saturated carbocycles. The first kappa shape index (κ1) is 15.3. The number of hydrogen-bond donors (Lipinski definition) is 2. The first-order valence-corrected chi connectivity index (χ1v) is 6.49. The van der Waals surface area contributed by atoms with E-state index >= 15 is 0 Å². The summed E-state index contributed by atoms with van der Waals surface area (Å²) in [5, 5.41) is 10.2. The lowest BCUT2D eigenvalue weighted by molar-refractivity contribution is 0.0528. The zero-order valence-electron chi connectivity index (χ0n) is 12.4. The van der Waals surface area contributed by atoms with Gasteiger partial charge in [-0.25, -0.2) is 4.79 Å². The third-order valence-corrected chi connectivity index (χ3v) is 2.35. The van der Waals surface area contributed by atoms with Gasteiger partial charge in [0.25, 0.3) is 0 Å². The second-order valence-electron chi connectivity index (χ2n) is 5.51. The lowest BCUT2D eigenvalue weighted by atomic mass is 10.2. The van der Waals surface area contributed by atoms with Crippen LogP contribution in [-0.4, -0.2) is 34.6 Å². The Balaban J connectivity index is 2.15. The monoisotopic (exact) mass is 268 g/mol. The molecule has 0 spiro atoms. The molecule has 1 amide bonds. The minimum absolute atomic E-state index is 0.370. The van der Waals surface area contributed by atoms with Crippen LogP contribution in [0.1, 0.15) is 32.9 Å². The molecule has 0 aliphatic carbocycles. The quantitative estimate of drug-likeness (QED) is 0.802. The van der Waals surface area contributed by atoms with Crippen LogP contribution in [0.3, 0.4) is 0 Å². The van der Waals surface area contributed by atoms with Gasteiger partial charge < -0.3 is 15.4 Å². The molecule has 6 heteroatoms. The summed E-state index contributed by atoms with van der Waals surface area (Å²) in [6.07, 6.45) is 2.40. The molecule has 0 aliphatic heterocycles. The van der Waals surface area contributed by atoms with Crippen LogP contribution < -0.4 is 10.6 Å². The van der Waals surface area contributed by atoms with Crippen molar-refractivity contribution < 1.29 is 9.53 Å². The van der Waals surface area contributed by atoms with E-state index in [1.165, 1.54) is 0 Å². The number of hydrogen-bond acceptors (Lipinski definition) is 4. The van der Waals surface area contributed by atoms with E-state index in [2.05, 4.69) is 15.7 Å². The van der Waals surface area contributed by atoms with Gasteiger partial charge in [0.1, 0.15) is 5.60 Å². The fraction of sp³-hybridized carbons (Fsp3) is 0.692. The lowest BCUT2D eigenvalue weighted by Gasteiger charge is -2.19. The summed E-state index contributed by atoms with van der Waals surface area (Å²) in [4.78, 5) is 11.4. The summed E-state index contributed by atoms with van der Waals surface area (Å²) in [6.45, 7) is 8.86. The molecular formula is C13H24N4O2. The molecule has 0 radical (unpaired) electrons. The zero-order chi connectivity index (χ0) is 14.5. The predicted molar refractivity (Wildman–Crippen MR) is 75.3 cm³/mol. The van der Waals surface area contributed by atoms with Crippen molar-refractivity contribution in [1.29, 1.82) is 0 Å². The Bertz CT molecular complexity index is 421. The van der Waals surface area contributed by atoms with Crippen LogP contribution in [0.5, 0.6) is 0 Å². The summed E-state index contributed by atoms with van der Waals surface area (Å²) < 4.78 is 6.92. The number of rotatable bonds is 5. The number of anilines is 1. The SMILES string of the molecule is Cc1nn(C)cc1NCCCNC(=O)OC(C)(C)C. The van der Waals surface area contributed by atoms with Gasteiger partial charge in [-0.05, 0) is 34.1 Å². The molecule has 1 aromatic rings. The smallest absolute Gasteiger partial charge is 0.407 e. The highest BCUT2D eigenvalue weighted by molar-refractivity contribution is 5.67. The molecule has 19 heavy (non-hydrogen) atoms. The van der Waals surface area contributed by atoms with Crippen molar-refractivity contribution in [1.82, 2.24) is 15.1 Å². The first-order chi connectivity index (χ1) is 8.78. The van der Waals surface area contributed by atoms with Crippen molar-refractivity contribution >= 4 is 11.8 Å². The summed E-state index contributed by atoms with van der Waals surface area (Å²) in [7, 11) is 1.89. The maximum Gasteiger partial charge on any atom is 0.407 e. The Morgan fingerprint density at radius 2 is 2.11 bits per heavy atom. The molecular weight excluding hydrogens is 244 g/mol. The van der Waals surface area contributed by atoms with Crippen molar-refractivity contribution in [2.45, 2.75) is 39.7 Å². The molecule has 0 aromatic carbocycles. The Labute approximate surface area is 114 Å². The van der Waals surface area contributed by atoms with E-state index < -0.39 is 5.60 Å². The summed E-state index contributed by atoms with van der Waals surface area (Å²) in [6, 6.07) is 0. The van der Waals surface area contributed by atoms with Gasteiger partial charge >= 0.3 is 6.09 Å². The predicted octanol–water partition coefficient (Wildman–Crippen LogP) is 2.06. The van der Waals surface area contributed by atoms with Crippen molar-refractivity contribution in [2.24, 2.45) is 7.05 Å². The molecule has 0 saturated heterocycles. The molecule has 0 fully saturated rings. The van der Waals surface area contributed by atoms with E-state index in [0.717, 1.165) is 24.3 Å². The molecule has 2 N–H and O–H groups in total. The number of nitrogens with one attached hydrogen (secondary N) is 2. The average molecular weight is 268 g/mol. The van der Waals surface area contributed by atoms with Crippen LogP contribution in [0.2, 0.25) is 0 Å². The fourth-order valence-electron chi connectivity index (χ4n) is 1.59. The largest absolute Gasteiger partial charge is 0.444 e. The number of alkyl carbamates (subject to hydrolysis) is 1. The van der Waals surface area contributed by atoms with Crippen molar-refractivity contribution in [3.05, 3.63) is 11.9 Å². The second-order valence-corrected chi connectivity index (χ2v) is 5.51. The van der Waals surface area contributed by atoms with E-state index in [1.807, 2.05) is 40.9 Å². The normalized spacial score (nSPS) is 11.2. The van der Waals surface area contributed by atoms with Crippen molar-refractivity contribution in [3.8, 4) is 0 Å². The van der Waals surface area contributed by atoms with Gasteiger partial charge in [-0.1, -0.05) is 0 Å². The topological polar surface area (TPSA) is 68.2 Å². The Kier molecular flexibility index (Phi) is 5.20. The molecule has 0 unspecified atom stereocenters. The summed E-state index contributed by atoms with van der Waals surface area (Å²) in [5.74, 6) is 0.